The second kappa shape index (κ2) is 8.15. The predicted octanol–water partition coefficient (Wildman–Crippen LogP) is 2.88. The number of hydrogen-bond donors (Lipinski definition) is 0. The van der Waals surface area contributed by atoms with Gasteiger partial charge >= 0.3 is 0 Å². The minimum atomic E-state index is 0. The molecule has 4 rings (SSSR count). The Morgan fingerprint density at radius 1 is 0.480 bits per heavy atom. The predicted molar refractivity (Wildman–Crippen MR) is 107 cm³/mol. The molecule has 25 heavy (non-hydrogen) atoms. The minimum Gasteiger partial charge on any atom is -1.00 e. The van der Waals surface area contributed by atoms with E-state index >= 15 is 0 Å². The molecule has 0 radical (unpaired) electrons. The number of quaternary nitrogens is 1. The van der Waals surface area contributed by atoms with Gasteiger partial charge in [0.05, 0.1) is 21.1 Å². The Morgan fingerprint density at radius 2 is 0.880 bits per heavy atom. The van der Waals surface area contributed by atoms with Crippen molar-refractivity contribution in [3.05, 3.63) is 91.0 Å². The van der Waals surface area contributed by atoms with Crippen LogP contribution >= 0.6 is 0 Å². The van der Waals surface area contributed by atoms with Crippen LogP contribution in [0.2, 0.25) is 0 Å². The van der Waals surface area contributed by atoms with E-state index in [0.29, 0.717) is 0 Å². The minimum absolute atomic E-state index is 0. The van der Waals surface area contributed by atoms with Crippen LogP contribution < -0.4 is 16.9 Å². The fourth-order valence-electron chi connectivity index (χ4n) is 2.93. The van der Waals surface area contributed by atoms with Crippen LogP contribution in [0.5, 0.6) is 0 Å². The molecule has 0 amide bonds. The van der Waals surface area contributed by atoms with Gasteiger partial charge in [-0.3, -0.25) is 4.48 Å². The van der Waals surface area contributed by atoms with Gasteiger partial charge in [0, 0.05) is 5.39 Å². The maximum absolute atomic E-state index is 2.20. The summed E-state index contributed by atoms with van der Waals surface area (Å²) in [4.78, 5) is 0. The van der Waals surface area contributed by atoms with Gasteiger partial charge < -0.3 is 12.4 Å². The lowest BCUT2D eigenvalue weighted by molar-refractivity contribution is -0.00000496. The first kappa shape index (κ1) is 19.0. The Bertz CT molecular complexity index is 884. The van der Waals surface area contributed by atoms with Gasteiger partial charge in [0.15, 0.2) is 0 Å². The van der Waals surface area contributed by atoms with Crippen LogP contribution in [0.1, 0.15) is 0 Å². The van der Waals surface area contributed by atoms with E-state index in [0.717, 1.165) is 4.48 Å². The van der Waals surface area contributed by atoms with Crippen LogP contribution in [0.15, 0.2) is 91.0 Å². The average molecular weight is 350 g/mol. The number of nitrogens with zero attached hydrogens (tertiary/aromatic N) is 1. The Morgan fingerprint density at radius 3 is 1.36 bits per heavy atom. The monoisotopic (exact) mass is 349 g/mol. The molecule has 0 spiro atoms. The summed E-state index contributed by atoms with van der Waals surface area (Å²) < 4.78 is 0.862. The van der Waals surface area contributed by atoms with Crippen LogP contribution in [0.4, 0.5) is 5.69 Å². The van der Waals surface area contributed by atoms with Gasteiger partial charge in [-0.25, -0.2) is 0 Å². The summed E-state index contributed by atoms with van der Waals surface area (Å²) >= 11 is 0. The SMILES string of the molecule is C[N+](C)(C)c1cccc2ccccc12.[Cl-].c1ccc2ccccc2c1. The lowest BCUT2D eigenvalue weighted by Crippen LogP contribution is -3.00. The van der Waals surface area contributed by atoms with Crippen molar-refractivity contribution in [2.24, 2.45) is 0 Å². The zero-order chi connectivity index (χ0) is 17.0. The summed E-state index contributed by atoms with van der Waals surface area (Å²) in [6.07, 6.45) is 0. The molecule has 0 heterocycles. The number of halogens is 1. The molecule has 2 heteroatoms. The fourth-order valence-corrected chi connectivity index (χ4v) is 2.93. The van der Waals surface area contributed by atoms with E-state index in [1.165, 1.54) is 27.2 Å². The molecule has 4 aromatic carbocycles. The van der Waals surface area contributed by atoms with E-state index in [1.807, 2.05) is 0 Å². The Hall–Kier alpha value is -2.35. The van der Waals surface area contributed by atoms with Gasteiger partial charge in [-0.2, -0.15) is 0 Å². The maximum Gasteiger partial charge on any atom is 0.140 e. The van der Waals surface area contributed by atoms with Gasteiger partial charge in [0.25, 0.3) is 0 Å². The molecule has 0 aliphatic heterocycles. The van der Waals surface area contributed by atoms with E-state index in [1.54, 1.807) is 0 Å². The quantitative estimate of drug-likeness (QED) is 0.464. The fraction of sp³-hybridized carbons (Fsp3) is 0.130. The molecule has 0 aliphatic carbocycles. The molecule has 0 aliphatic rings. The summed E-state index contributed by atoms with van der Waals surface area (Å²) in [6, 6.07) is 31.7. The molecule has 0 fully saturated rings. The van der Waals surface area contributed by atoms with E-state index in [2.05, 4.69) is 112 Å². The Balaban J connectivity index is 0.000000182. The van der Waals surface area contributed by atoms with Crippen molar-refractivity contribution in [2.45, 2.75) is 0 Å². The number of rotatable bonds is 1. The third-order valence-electron chi connectivity index (χ3n) is 4.15. The van der Waals surface area contributed by atoms with Gasteiger partial charge in [0.1, 0.15) is 5.69 Å². The second-order valence-electron chi connectivity index (χ2n) is 6.86. The first-order valence-corrected chi connectivity index (χ1v) is 8.29. The molecule has 0 aromatic heterocycles. The number of fused-ring (bicyclic) bond motifs is 2. The van der Waals surface area contributed by atoms with E-state index in [9.17, 15) is 0 Å². The van der Waals surface area contributed by atoms with Gasteiger partial charge in [-0.05, 0) is 28.3 Å². The third kappa shape index (κ3) is 4.60. The maximum atomic E-state index is 2.20. The topological polar surface area (TPSA) is 0 Å². The van der Waals surface area contributed by atoms with Crippen LogP contribution in [0.25, 0.3) is 21.5 Å². The normalized spacial score (nSPS) is 10.7. The molecule has 1 nitrogen and oxygen atoms in total. The van der Waals surface area contributed by atoms with Crippen molar-refractivity contribution in [1.82, 2.24) is 4.48 Å². The number of benzene rings is 4. The highest BCUT2D eigenvalue weighted by molar-refractivity contribution is 5.93. The summed E-state index contributed by atoms with van der Waals surface area (Å²) in [5.41, 5.74) is 1.36. The van der Waals surface area contributed by atoms with Crippen molar-refractivity contribution in [1.29, 1.82) is 0 Å². The van der Waals surface area contributed by atoms with Crippen LogP contribution in [0, 0.1) is 0 Å². The first-order chi connectivity index (χ1) is 11.6. The molecular weight excluding hydrogens is 326 g/mol. The lowest BCUT2D eigenvalue weighted by Gasteiger charge is -2.24. The number of hydrogen-bond acceptors (Lipinski definition) is 0. The second-order valence-corrected chi connectivity index (χ2v) is 6.86. The van der Waals surface area contributed by atoms with Crippen LogP contribution in [0.3, 0.4) is 0 Å². The highest BCUT2D eigenvalue weighted by atomic mass is 35.5. The first-order valence-electron chi connectivity index (χ1n) is 8.29. The summed E-state index contributed by atoms with van der Waals surface area (Å²) in [6.45, 7) is 0. The van der Waals surface area contributed by atoms with Crippen LogP contribution in [-0.2, 0) is 0 Å². The van der Waals surface area contributed by atoms with E-state index < -0.39 is 0 Å². The molecule has 0 saturated heterocycles. The smallest absolute Gasteiger partial charge is 0.140 e. The molecule has 0 unspecified atom stereocenters. The highest BCUT2D eigenvalue weighted by Crippen LogP contribution is 2.27. The van der Waals surface area contributed by atoms with Crippen molar-refractivity contribution in [2.75, 3.05) is 21.1 Å². The van der Waals surface area contributed by atoms with Crippen molar-refractivity contribution >= 4 is 27.2 Å². The van der Waals surface area contributed by atoms with Crippen molar-refractivity contribution in [3.8, 4) is 0 Å². The van der Waals surface area contributed by atoms with Crippen molar-refractivity contribution < 1.29 is 12.4 Å². The average Bonchev–Trinajstić information content (AvgIpc) is 2.61. The van der Waals surface area contributed by atoms with Crippen LogP contribution in [-0.4, -0.2) is 21.1 Å². The summed E-state index contributed by atoms with van der Waals surface area (Å²) in [7, 11) is 6.59. The molecular formula is C23H24ClN. The molecule has 0 bridgehead atoms. The Labute approximate surface area is 156 Å². The summed E-state index contributed by atoms with van der Waals surface area (Å²) in [5.74, 6) is 0. The van der Waals surface area contributed by atoms with Crippen molar-refractivity contribution in [3.63, 3.8) is 0 Å². The van der Waals surface area contributed by atoms with E-state index in [4.69, 9.17) is 0 Å². The Kier molecular flexibility index (Phi) is 6.19. The highest BCUT2D eigenvalue weighted by Gasteiger charge is 2.14. The third-order valence-corrected chi connectivity index (χ3v) is 4.15. The molecule has 128 valence electrons. The van der Waals surface area contributed by atoms with Gasteiger partial charge in [-0.15, -0.1) is 0 Å². The molecule has 0 N–H and O–H groups in total. The summed E-state index contributed by atoms with van der Waals surface area (Å²) in [5, 5.41) is 5.29. The zero-order valence-electron chi connectivity index (χ0n) is 15.0. The largest absolute Gasteiger partial charge is 1.00 e. The van der Waals surface area contributed by atoms with Gasteiger partial charge in [0.2, 0.25) is 0 Å². The van der Waals surface area contributed by atoms with Gasteiger partial charge in [-0.1, -0.05) is 78.9 Å². The zero-order valence-corrected chi connectivity index (χ0v) is 15.7. The standard InChI is InChI=1S/C13H16N.C10H8.ClH/c1-14(2,3)13-10-6-8-11-7-4-5-9-12(11)13;1-2-6-10-8-4-3-7-9(10)5-1;/h4-10H,1-3H3;1-8H;1H/q+1;;/p-1. The lowest BCUT2D eigenvalue weighted by atomic mass is 10.1. The molecule has 4 aromatic rings. The van der Waals surface area contributed by atoms with E-state index in [-0.39, 0.29) is 12.4 Å². The molecule has 0 atom stereocenters. The molecule has 0 saturated carbocycles.